The first-order valence-corrected chi connectivity index (χ1v) is 6.71. The van der Waals surface area contributed by atoms with E-state index in [0.717, 1.165) is 17.9 Å². The molecule has 0 aliphatic carbocycles. The lowest BCUT2D eigenvalue weighted by Crippen LogP contribution is -2.19. The SMILES string of the molecule is CNC(Cc1cccc(OC)c1)c1ccccc1OC. The van der Waals surface area contributed by atoms with Crippen molar-refractivity contribution >= 4 is 0 Å². The normalized spacial score (nSPS) is 11.9. The van der Waals surface area contributed by atoms with Crippen molar-refractivity contribution in [3.63, 3.8) is 0 Å². The molecule has 0 spiro atoms. The Morgan fingerprint density at radius 2 is 1.80 bits per heavy atom. The minimum atomic E-state index is 0.207. The quantitative estimate of drug-likeness (QED) is 0.875. The van der Waals surface area contributed by atoms with Crippen molar-refractivity contribution < 1.29 is 9.47 Å². The van der Waals surface area contributed by atoms with Crippen molar-refractivity contribution in [2.75, 3.05) is 21.3 Å². The molecule has 0 saturated heterocycles. The molecule has 1 unspecified atom stereocenters. The number of para-hydroxylation sites is 1. The van der Waals surface area contributed by atoms with E-state index in [2.05, 4.69) is 23.5 Å². The van der Waals surface area contributed by atoms with E-state index in [-0.39, 0.29) is 6.04 Å². The molecule has 3 nitrogen and oxygen atoms in total. The molecular formula is C17H21NO2. The molecule has 1 atom stereocenters. The molecule has 0 bridgehead atoms. The van der Waals surface area contributed by atoms with Crippen molar-refractivity contribution in [3.05, 3.63) is 59.7 Å². The zero-order valence-corrected chi connectivity index (χ0v) is 12.2. The smallest absolute Gasteiger partial charge is 0.123 e. The second-order valence-corrected chi connectivity index (χ2v) is 4.64. The average molecular weight is 271 g/mol. The van der Waals surface area contributed by atoms with Crippen LogP contribution in [-0.2, 0) is 6.42 Å². The molecule has 0 fully saturated rings. The molecule has 0 radical (unpaired) electrons. The van der Waals surface area contributed by atoms with Crippen LogP contribution < -0.4 is 14.8 Å². The standard InChI is InChI=1S/C17H21NO2/c1-18-16(15-9-4-5-10-17(15)20-3)12-13-7-6-8-14(11-13)19-2/h4-11,16,18H,12H2,1-3H3. The van der Waals surface area contributed by atoms with Crippen LogP contribution in [0.1, 0.15) is 17.2 Å². The van der Waals surface area contributed by atoms with Gasteiger partial charge in [-0.1, -0.05) is 30.3 Å². The van der Waals surface area contributed by atoms with E-state index in [0.29, 0.717) is 0 Å². The predicted octanol–water partition coefficient (Wildman–Crippen LogP) is 3.21. The van der Waals surface area contributed by atoms with E-state index in [1.165, 1.54) is 11.1 Å². The largest absolute Gasteiger partial charge is 0.497 e. The highest BCUT2D eigenvalue weighted by Crippen LogP contribution is 2.27. The third-order valence-electron chi connectivity index (χ3n) is 3.44. The molecule has 0 aliphatic rings. The van der Waals surface area contributed by atoms with E-state index >= 15 is 0 Å². The fourth-order valence-electron chi connectivity index (χ4n) is 2.36. The van der Waals surface area contributed by atoms with Crippen LogP contribution in [0, 0.1) is 0 Å². The summed E-state index contributed by atoms with van der Waals surface area (Å²) in [5.41, 5.74) is 2.40. The maximum Gasteiger partial charge on any atom is 0.123 e. The van der Waals surface area contributed by atoms with E-state index in [9.17, 15) is 0 Å². The summed E-state index contributed by atoms with van der Waals surface area (Å²) in [6.07, 6.45) is 0.883. The van der Waals surface area contributed by atoms with Crippen LogP contribution in [0.3, 0.4) is 0 Å². The Morgan fingerprint density at radius 3 is 2.50 bits per heavy atom. The van der Waals surface area contributed by atoms with Crippen molar-refractivity contribution in [2.45, 2.75) is 12.5 Å². The molecule has 106 valence electrons. The monoisotopic (exact) mass is 271 g/mol. The predicted molar refractivity (Wildman–Crippen MR) is 81.5 cm³/mol. The zero-order chi connectivity index (χ0) is 14.4. The highest BCUT2D eigenvalue weighted by Gasteiger charge is 2.14. The first kappa shape index (κ1) is 14.4. The Bertz CT molecular complexity index is 554. The third kappa shape index (κ3) is 3.31. The van der Waals surface area contributed by atoms with Crippen molar-refractivity contribution in [3.8, 4) is 11.5 Å². The van der Waals surface area contributed by atoms with Gasteiger partial charge in [0, 0.05) is 11.6 Å². The molecule has 2 aromatic carbocycles. The summed E-state index contributed by atoms with van der Waals surface area (Å²) < 4.78 is 10.7. The van der Waals surface area contributed by atoms with Crippen LogP contribution in [0.4, 0.5) is 0 Å². The van der Waals surface area contributed by atoms with Gasteiger partial charge in [-0.3, -0.25) is 0 Å². The van der Waals surface area contributed by atoms with Gasteiger partial charge >= 0.3 is 0 Å². The lowest BCUT2D eigenvalue weighted by atomic mass is 9.98. The summed E-state index contributed by atoms with van der Waals surface area (Å²) in [5, 5.41) is 3.36. The Balaban J connectivity index is 2.24. The summed E-state index contributed by atoms with van der Waals surface area (Å²) in [5.74, 6) is 1.80. The van der Waals surface area contributed by atoms with E-state index in [1.54, 1.807) is 14.2 Å². The molecule has 1 N–H and O–H groups in total. The summed E-state index contributed by atoms with van der Waals surface area (Å²) in [4.78, 5) is 0. The third-order valence-corrected chi connectivity index (χ3v) is 3.44. The molecule has 3 heteroatoms. The number of hydrogen-bond donors (Lipinski definition) is 1. The first-order chi connectivity index (χ1) is 9.78. The number of hydrogen-bond acceptors (Lipinski definition) is 3. The molecular weight excluding hydrogens is 250 g/mol. The fraction of sp³-hybridized carbons (Fsp3) is 0.294. The summed E-state index contributed by atoms with van der Waals surface area (Å²) >= 11 is 0. The van der Waals surface area contributed by atoms with Gasteiger partial charge in [-0.25, -0.2) is 0 Å². The van der Waals surface area contributed by atoms with E-state index in [1.807, 2.05) is 37.4 Å². The van der Waals surface area contributed by atoms with Gasteiger partial charge in [-0.05, 0) is 37.2 Å². The van der Waals surface area contributed by atoms with Gasteiger partial charge in [0.05, 0.1) is 14.2 Å². The summed E-state index contributed by atoms with van der Waals surface area (Å²) in [7, 11) is 5.36. The van der Waals surface area contributed by atoms with Gasteiger partial charge in [0.2, 0.25) is 0 Å². The van der Waals surface area contributed by atoms with E-state index < -0.39 is 0 Å². The Morgan fingerprint density at radius 1 is 1.00 bits per heavy atom. The molecule has 0 amide bonds. The highest BCUT2D eigenvalue weighted by molar-refractivity contribution is 5.37. The van der Waals surface area contributed by atoms with Crippen LogP contribution in [-0.4, -0.2) is 21.3 Å². The summed E-state index contributed by atoms with van der Waals surface area (Å²) in [6.45, 7) is 0. The Hall–Kier alpha value is -2.00. The number of nitrogens with one attached hydrogen (secondary N) is 1. The van der Waals surface area contributed by atoms with Gasteiger partial charge in [-0.2, -0.15) is 0 Å². The van der Waals surface area contributed by atoms with Crippen LogP contribution in [0.15, 0.2) is 48.5 Å². The number of ether oxygens (including phenoxy) is 2. The minimum absolute atomic E-state index is 0.207. The molecule has 2 aromatic rings. The van der Waals surface area contributed by atoms with Gasteiger partial charge in [0.1, 0.15) is 11.5 Å². The van der Waals surface area contributed by atoms with Crippen LogP contribution in [0.5, 0.6) is 11.5 Å². The molecule has 20 heavy (non-hydrogen) atoms. The van der Waals surface area contributed by atoms with Gasteiger partial charge < -0.3 is 14.8 Å². The van der Waals surface area contributed by atoms with Crippen LogP contribution in [0.2, 0.25) is 0 Å². The Kier molecular flexibility index (Phi) is 5.02. The van der Waals surface area contributed by atoms with E-state index in [4.69, 9.17) is 9.47 Å². The maximum absolute atomic E-state index is 5.45. The minimum Gasteiger partial charge on any atom is -0.497 e. The second-order valence-electron chi connectivity index (χ2n) is 4.64. The lowest BCUT2D eigenvalue weighted by molar-refractivity contribution is 0.400. The van der Waals surface area contributed by atoms with Crippen LogP contribution >= 0.6 is 0 Å². The van der Waals surface area contributed by atoms with Gasteiger partial charge in [-0.15, -0.1) is 0 Å². The molecule has 0 saturated carbocycles. The first-order valence-electron chi connectivity index (χ1n) is 6.71. The molecule has 0 aromatic heterocycles. The fourth-order valence-corrected chi connectivity index (χ4v) is 2.36. The molecule has 2 rings (SSSR count). The number of methoxy groups -OCH3 is 2. The van der Waals surface area contributed by atoms with Gasteiger partial charge in [0.25, 0.3) is 0 Å². The topological polar surface area (TPSA) is 30.5 Å². The maximum atomic E-state index is 5.45. The number of benzene rings is 2. The van der Waals surface area contributed by atoms with Crippen LogP contribution in [0.25, 0.3) is 0 Å². The van der Waals surface area contributed by atoms with Crippen molar-refractivity contribution in [1.82, 2.24) is 5.32 Å². The number of rotatable bonds is 6. The molecule has 0 aliphatic heterocycles. The average Bonchev–Trinajstić information content (AvgIpc) is 2.52. The van der Waals surface area contributed by atoms with Crippen molar-refractivity contribution in [2.24, 2.45) is 0 Å². The lowest BCUT2D eigenvalue weighted by Gasteiger charge is -2.19. The highest BCUT2D eigenvalue weighted by atomic mass is 16.5. The molecule has 0 heterocycles. The Labute approximate surface area is 120 Å². The van der Waals surface area contributed by atoms with Gasteiger partial charge in [0.15, 0.2) is 0 Å². The second kappa shape index (κ2) is 6.96. The summed E-state index contributed by atoms with van der Waals surface area (Å²) in [6, 6.07) is 16.5. The number of likely N-dealkylation sites (N-methyl/N-ethyl adjacent to an activating group) is 1. The van der Waals surface area contributed by atoms with Crippen molar-refractivity contribution in [1.29, 1.82) is 0 Å². The zero-order valence-electron chi connectivity index (χ0n) is 12.2.